The van der Waals surface area contributed by atoms with E-state index >= 15 is 0 Å². The number of amidine groups is 1. The van der Waals surface area contributed by atoms with Crippen LogP contribution in [0.5, 0.6) is 0 Å². The van der Waals surface area contributed by atoms with Gasteiger partial charge in [0.2, 0.25) is 0 Å². The molecule has 0 saturated carbocycles. The van der Waals surface area contributed by atoms with Crippen LogP contribution in [0.25, 0.3) is 0 Å². The normalized spacial score (nSPS) is 26.1. The van der Waals surface area contributed by atoms with Crippen molar-refractivity contribution in [1.82, 2.24) is 0 Å². The molecule has 1 heterocycles. The number of allylic oxidation sites excluding steroid dienone is 1. The minimum Gasteiger partial charge on any atom is -0.383 e. The highest BCUT2D eigenvalue weighted by atomic mass is 14.8. The zero-order chi connectivity index (χ0) is 6.85. The van der Waals surface area contributed by atoms with Crippen molar-refractivity contribution in [2.75, 3.05) is 0 Å². The van der Waals surface area contributed by atoms with Crippen LogP contribution in [-0.2, 0) is 0 Å². The van der Waals surface area contributed by atoms with Crippen LogP contribution in [-0.4, -0.2) is 5.84 Å². The summed E-state index contributed by atoms with van der Waals surface area (Å²) >= 11 is 0. The molecule has 2 heteroatoms. The van der Waals surface area contributed by atoms with Crippen molar-refractivity contribution in [1.29, 1.82) is 0 Å². The molecule has 2 nitrogen and oxygen atoms in total. The van der Waals surface area contributed by atoms with Crippen LogP contribution >= 0.6 is 0 Å². The SMILES string of the molecule is C=C1C(N)=NC=C[C@@H]1C. The van der Waals surface area contributed by atoms with Gasteiger partial charge in [0.15, 0.2) is 0 Å². The number of hydrogen-bond donors (Lipinski definition) is 1. The number of aliphatic imine (C=N–C) groups is 1. The molecule has 0 aromatic rings. The van der Waals surface area contributed by atoms with Gasteiger partial charge in [-0.25, -0.2) is 4.99 Å². The van der Waals surface area contributed by atoms with Crippen LogP contribution in [0.15, 0.2) is 29.4 Å². The molecule has 1 aliphatic heterocycles. The third-order valence-corrected chi connectivity index (χ3v) is 1.47. The number of hydrogen-bond acceptors (Lipinski definition) is 2. The molecule has 0 bridgehead atoms. The first-order chi connectivity index (χ1) is 4.22. The molecular weight excluding hydrogens is 112 g/mol. The standard InChI is InChI=1S/C7H10N2/c1-5-3-4-9-7(8)6(5)2/h3-5H,2H2,1H3,(H2,8,9)/t5-/m0/s1. The summed E-state index contributed by atoms with van der Waals surface area (Å²) in [5.74, 6) is 0.910. The highest BCUT2D eigenvalue weighted by molar-refractivity contribution is 5.98. The predicted octanol–water partition coefficient (Wildman–Crippen LogP) is 1.06. The Hall–Kier alpha value is -1.05. The van der Waals surface area contributed by atoms with E-state index in [1.54, 1.807) is 6.20 Å². The highest BCUT2D eigenvalue weighted by Crippen LogP contribution is 2.13. The molecule has 2 N–H and O–H groups in total. The quantitative estimate of drug-likeness (QED) is 0.512. The van der Waals surface area contributed by atoms with Crippen molar-refractivity contribution in [3.05, 3.63) is 24.4 Å². The average molecular weight is 122 g/mol. The highest BCUT2D eigenvalue weighted by Gasteiger charge is 2.08. The van der Waals surface area contributed by atoms with Crippen LogP contribution in [0.3, 0.4) is 0 Å². The molecule has 48 valence electrons. The van der Waals surface area contributed by atoms with E-state index in [0.717, 1.165) is 5.57 Å². The summed E-state index contributed by atoms with van der Waals surface area (Å²) in [7, 11) is 0. The molecule has 1 atom stereocenters. The lowest BCUT2D eigenvalue weighted by Gasteiger charge is -2.12. The lowest BCUT2D eigenvalue weighted by atomic mass is 10.0. The minimum absolute atomic E-state index is 0.350. The molecule has 0 amide bonds. The first-order valence-electron chi connectivity index (χ1n) is 2.91. The zero-order valence-corrected chi connectivity index (χ0v) is 5.46. The molecule has 0 aromatic carbocycles. The van der Waals surface area contributed by atoms with Crippen molar-refractivity contribution in [3.63, 3.8) is 0 Å². The van der Waals surface area contributed by atoms with Crippen LogP contribution in [0.1, 0.15) is 6.92 Å². The van der Waals surface area contributed by atoms with Crippen LogP contribution in [0.4, 0.5) is 0 Å². The third kappa shape index (κ3) is 1.02. The average Bonchev–Trinajstić information content (AvgIpc) is 1.83. The van der Waals surface area contributed by atoms with Gasteiger partial charge in [-0.15, -0.1) is 0 Å². The molecule has 1 rings (SSSR count). The van der Waals surface area contributed by atoms with E-state index in [4.69, 9.17) is 5.73 Å². The van der Waals surface area contributed by atoms with Crippen molar-refractivity contribution in [3.8, 4) is 0 Å². The molecule has 0 spiro atoms. The summed E-state index contributed by atoms with van der Waals surface area (Å²) in [6.45, 7) is 5.81. The fourth-order valence-corrected chi connectivity index (χ4v) is 0.685. The molecule has 0 saturated heterocycles. The van der Waals surface area contributed by atoms with Crippen LogP contribution in [0, 0.1) is 5.92 Å². The Kier molecular flexibility index (Phi) is 1.39. The molecule has 0 fully saturated rings. The topological polar surface area (TPSA) is 38.4 Å². The van der Waals surface area contributed by atoms with Crippen LogP contribution in [0.2, 0.25) is 0 Å². The molecule has 0 unspecified atom stereocenters. The van der Waals surface area contributed by atoms with E-state index in [1.807, 2.05) is 13.0 Å². The van der Waals surface area contributed by atoms with Gasteiger partial charge in [0.1, 0.15) is 5.84 Å². The maximum Gasteiger partial charge on any atom is 0.126 e. The maximum atomic E-state index is 5.47. The largest absolute Gasteiger partial charge is 0.383 e. The Morgan fingerprint density at radius 1 is 1.78 bits per heavy atom. The van der Waals surface area contributed by atoms with Gasteiger partial charge in [-0.3, -0.25) is 0 Å². The Labute approximate surface area is 54.8 Å². The van der Waals surface area contributed by atoms with Gasteiger partial charge >= 0.3 is 0 Å². The van der Waals surface area contributed by atoms with Crippen molar-refractivity contribution in [2.45, 2.75) is 6.92 Å². The molecule has 9 heavy (non-hydrogen) atoms. The fourth-order valence-electron chi connectivity index (χ4n) is 0.685. The summed E-state index contributed by atoms with van der Waals surface area (Å²) in [5.41, 5.74) is 6.38. The van der Waals surface area contributed by atoms with Gasteiger partial charge in [0.25, 0.3) is 0 Å². The Morgan fingerprint density at radius 3 is 2.89 bits per heavy atom. The van der Waals surface area contributed by atoms with E-state index in [1.165, 1.54) is 0 Å². The summed E-state index contributed by atoms with van der Waals surface area (Å²) in [4.78, 5) is 3.88. The van der Waals surface area contributed by atoms with Crippen molar-refractivity contribution in [2.24, 2.45) is 16.6 Å². The van der Waals surface area contributed by atoms with Gasteiger partial charge in [0, 0.05) is 12.1 Å². The van der Waals surface area contributed by atoms with Crippen molar-refractivity contribution < 1.29 is 0 Å². The molecule has 1 aliphatic rings. The van der Waals surface area contributed by atoms with Gasteiger partial charge in [0.05, 0.1) is 0 Å². The molecule has 0 aromatic heterocycles. The van der Waals surface area contributed by atoms with Gasteiger partial charge in [-0.2, -0.15) is 0 Å². The first-order valence-corrected chi connectivity index (χ1v) is 2.91. The predicted molar refractivity (Wildman–Crippen MR) is 39.1 cm³/mol. The summed E-state index contributed by atoms with van der Waals surface area (Å²) < 4.78 is 0. The molecule has 0 aliphatic carbocycles. The third-order valence-electron chi connectivity index (χ3n) is 1.47. The van der Waals surface area contributed by atoms with Crippen LogP contribution < -0.4 is 5.73 Å². The number of nitrogens with zero attached hydrogens (tertiary/aromatic N) is 1. The minimum atomic E-state index is 0.350. The Bertz CT molecular complexity index is 189. The van der Waals surface area contributed by atoms with E-state index in [9.17, 15) is 0 Å². The number of rotatable bonds is 0. The second kappa shape index (κ2) is 2.05. The van der Waals surface area contributed by atoms with Gasteiger partial charge in [-0.1, -0.05) is 19.6 Å². The van der Waals surface area contributed by atoms with Gasteiger partial charge in [-0.05, 0) is 5.57 Å². The van der Waals surface area contributed by atoms with E-state index in [2.05, 4.69) is 11.6 Å². The molecular formula is C7H10N2. The first kappa shape index (κ1) is 6.08. The number of nitrogens with two attached hydrogens (primary N) is 1. The molecule has 0 radical (unpaired) electrons. The summed E-state index contributed by atoms with van der Waals surface area (Å²) in [6, 6.07) is 0. The Balaban J connectivity index is 2.86. The second-order valence-electron chi connectivity index (χ2n) is 2.17. The van der Waals surface area contributed by atoms with E-state index in [-0.39, 0.29) is 0 Å². The smallest absolute Gasteiger partial charge is 0.126 e. The summed E-state index contributed by atoms with van der Waals surface area (Å²) in [6.07, 6.45) is 3.69. The lowest BCUT2D eigenvalue weighted by Crippen LogP contribution is -2.19. The Morgan fingerprint density at radius 2 is 2.44 bits per heavy atom. The zero-order valence-electron chi connectivity index (χ0n) is 5.46. The van der Waals surface area contributed by atoms with Crippen molar-refractivity contribution >= 4 is 5.84 Å². The second-order valence-corrected chi connectivity index (χ2v) is 2.17. The fraction of sp³-hybridized carbons (Fsp3) is 0.286. The lowest BCUT2D eigenvalue weighted by molar-refractivity contribution is 0.890. The summed E-state index contributed by atoms with van der Waals surface area (Å²) in [5, 5.41) is 0. The van der Waals surface area contributed by atoms with E-state index < -0.39 is 0 Å². The maximum absolute atomic E-state index is 5.47. The monoisotopic (exact) mass is 122 g/mol. The van der Waals surface area contributed by atoms with E-state index in [0.29, 0.717) is 11.8 Å². The van der Waals surface area contributed by atoms with Gasteiger partial charge < -0.3 is 5.73 Å².